The zero-order valence-electron chi connectivity index (χ0n) is 10.8. The molecule has 0 aliphatic carbocycles. The quantitative estimate of drug-likeness (QED) is 0.310. The van der Waals surface area contributed by atoms with E-state index >= 15 is 0 Å². The zero-order valence-corrected chi connectivity index (χ0v) is 14.0. The fraction of sp³-hybridized carbons (Fsp3) is 0.133. The Labute approximate surface area is 138 Å². The van der Waals surface area contributed by atoms with Crippen LogP contribution < -0.4 is 0 Å². The van der Waals surface area contributed by atoms with Crippen molar-refractivity contribution in [1.82, 2.24) is 0 Å². The highest BCUT2D eigenvalue weighted by Crippen LogP contribution is 2.33. The van der Waals surface area contributed by atoms with E-state index < -0.39 is 9.75 Å². The molecule has 0 heterocycles. The van der Waals surface area contributed by atoms with E-state index in [-0.39, 0.29) is 16.3 Å². The average Bonchev–Trinajstić information content (AvgIpc) is 2.53. The molecule has 0 N–H and O–H groups in total. The maximum Gasteiger partial charge on any atom is 0.269 e. The molecule has 2 rings (SSSR count). The summed E-state index contributed by atoms with van der Waals surface area (Å²) in [6.07, 6.45) is 0. The first-order valence-corrected chi connectivity index (χ1v) is 7.95. The highest BCUT2D eigenvalue weighted by molar-refractivity contribution is 9.12. The Morgan fingerprint density at radius 3 is 2.10 bits per heavy atom. The average molecular weight is 413 g/mol. The number of nitro groups is 1. The summed E-state index contributed by atoms with van der Waals surface area (Å²) >= 11 is 6.91. The molecule has 0 amide bonds. The van der Waals surface area contributed by atoms with Gasteiger partial charge in [-0.05, 0) is 17.7 Å². The van der Waals surface area contributed by atoms with Crippen LogP contribution >= 0.6 is 31.9 Å². The van der Waals surface area contributed by atoms with Crippen LogP contribution in [0.15, 0.2) is 54.6 Å². The van der Waals surface area contributed by atoms with Crippen molar-refractivity contribution in [3.05, 3.63) is 75.8 Å². The second kappa shape index (κ2) is 6.95. The standard InChI is InChI=1S/C15H11Br2NO3/c16-13(10-4-2-1-3-5-10)14(17)15(19)11-6-8-12(9-7-11)18(20)21/h1-9,13-14H. The van der Waals surface area contributed by atoms with E-state index in [2.05, 4.69) is 31.9 Å². The van der Waals surface area contributed by atoms with Crippen molar-refractivity contribution in [3.63, 3.8) is 0 Å². The molecule has 6 heteroatoms. The number of hydrogen-bond acceptors (Lipinski definition) is 3. The minimum absolute atomic E-state index is 0.0314. The van der Waals surface area contributed by atoms with E-state index in [9.17, 15) is 14.9 Å². The molecule has 0 spiro atoms. The number of nitro benzene ring substituents is 1. The topological polar surface area (TPSA) is 60.2 Å². The Balaban J connectivity index is 2.17. The number of Topliss-reactive ketones (excluding diaryl/α,β-unsaturated/α-hetero) is 1. The lowest BCUT2D eigenvalue weighted by Gasteiger charge is -2.16. The molecule has 108 valence electrons. The third-order valence-electron chi connectivity index (χ3n) is 2.99. The van der Waals surface area contributed by atoms with Crippen molar-refractivity contribution < 1.29 is 9.72 Å². The van der Waals surface area contributed by atoms with Crippen molar-refractivity contribution in [2.75, 3.05) is 0 Å². The van der Waals surface area contributed by atoms with E-state index in [0.717, 1.165) is 5.56 Å². The SMILES string of the molecule is O=C(c1ccc([N+](=O)[O-])cc1)C(Br)C(Br)c1ccccc1. The lowest BCUT2D eigenvalue weighted by Crippen LogP contribution is -2.19. The van der Waals surface area contributed by atoms with Gasteiger partial charge < -0.3 is 0 Å². The van der Waals surface area contributed by atoms with Gasteiger partial charge in [0.05, 0.1) is 14.6 Å². The molecule has 0 radical (unpaired) electrons. The van der Waals surface area contributed by atoms with Gasteiger partial charge in [-0.1, -0.05) is 62.2 Å². The first kappa shape index (κ1) is 15.9. The summed E-state index contributed by atoms with van der Waals surface area (Å²) in [6.45, 7) is 0. The van der Waals surface area contributed by atoms with Crippen LogP contribution in [0.2, 0.25) is 0 Å². The van der Waals surface area contributed by atoms with Crippen LogP contribution in [0.5, 0.6) is 0 Å². The largest absolute Gasteiger partial charge is 0.293 e. The number of alkyl halides is 2. The molecule has 21 heavy (non-hydrogen) atoms. The maximum absolute atomic E-state index is 12.4. The second-order valence-corrected chi connectivity index (χ2v) is 6.36. The summed E-state index contributed by atoms with van der Waals surface area (Å²) in [6, 6.07) is 15.2. The molecule has 0 aliphatic heterocycles. The van der Waals surface area contributed by atoms with Crippen LogP contribution in [0.4, 0.5) is 5.69 Å². The number of carbonyl (C=O) groups is 1. The number of carbonyl (C=O) groups excluding carboxylic acids is 1. The number of hydrogen-bond donors (Lipinski definition) is 0. The summed E-state index contributed by atoms with van der Waals surface area (Å²) in [4.78, 5) is 21.9. The van der Waals surface area contributed by atoms with E-state index in [1.54, 1.807) is 0 Å². The maximum atomic E-state index is 12.4. The van der Waals surface area contributed by atoms with E-state index in [4.69, 9.17) is 0 Å². The van der Waals surface area contributed by atoms with Gasteiger partial charge in [0.1, 0.15) is 0 Å². The zero-order chi connectivity index (χ0) is 15.4. The fourth-order valence-corrected chi connectivity index (χ4v) is 2.96. The number of non-ortho nitro benzene ring substituents is 1. The Morgan fingerprint density at radius 2 is 1.57 bits per heavy atom. The lowest BCUT2D eigenvalue weighted by atomic mass is 10.0. The van der Waals surface area contributed by atoms with Crippen molar-refractivity contribution >= 4 is 43.3 Å². The van der Waals surface area contributed by atoms with E-state index in [1.807, 2.05) is 30.3 Å². The monoisotopic (exact) mass is 411 g/mol. The number of benzene rings is 2. The number of rotatable bonds is 5. The molecule has 0 saturated carbocycles. The van der Waals surface area contributed by atoms with Gasteiger partial charge in [-0.25, -0.2) is 0 Å². The van der Waals surface area contributed by atoms with Crippen LogP contribution in [0.1, 0.15) is 20.7 Å². The van der Waals surface area contributed by atoms with E-state index in [0.29, 0.717) is 5.56 Å². The molecule has 0 saturated heterocycles. The predicted octanol–water partition coefficient (Wildman–Crippen LogP) is 4.68. The molecular weight excluding hydrogens is 402 g/mol. The van der Waals surface area contributed by atoms with Gasteiger partial charge in [0.2, 0.25) is 0 Å². The summed E-state index contributed by atoms with van der Waals surface area (Å²) in [5.74, 6) is -0.129. The van der Waals surface area contributed by atoms with Gasteiger partial charge in [-0.3, -0.25) is 14.9 Å². The van der Waals surface area contributed by atoms with Crippen molar-refractivity contribution in [2.24, 2.45) is 0 Å². The summed E-state index contributed by atoms with van der Waals surface area (Å²) in [7, 11) is 0. The first-order chi connectivity index (χ1) is 10.0. The summed E-state index contributed by atoms with van der Waals surface area (Å²) in [5, 5.41) is 10.6. The molecule has 2 aromatic carbocycles. The third kappa shape index (κ3) is 3.77. The highest BCUT2D eigenvalue weighted by atomic mass is 79.9. The van der Waals surface area contributed by atoms with Crippen LogP contribution in [0.25, 0.3) is 0 Å². The smallest absolute Gasteiger partial charge is 0.269 e. The molecule has 0 bridgehead atoms. The van der Waals surface area contributed by atoms with Gasteiger partial charge in [-0.2, -0.15) is 0 Å². The molecule has 0 fully saturated rings. The van der Waals surface area contributed by atoms with Gasteiger partial charge in [0, 0.05) is 17.7 Å². The molecule has 2 aromatic rings. The van der Waals surface area contributed by atoms with Gasteiger partial charge in [0.15, 0.2) is 5.78 Å². The predicted molar refractivity (Wildman–Crippen MR) is 88.3 cm³/mol. The molecule has 0 aliphatic rings. The van der Waals surface area contributed by atoms with Crippen LogP contribution in [0, 0.1) is 10.1 Å². The Morgan fingerprint density at radius 1 is 1.00 bits per heavy atom. The number of ketones is 1. The minimum atomic E-state index is -0.489. The van der Waals surface area contributed by atoms with Crippen LogP contribution in [0.3, 0.4) is 0 Å². The second-order valence-electron chi connectivity index (χ2n) is 4.38. The Hall–Kier alpha value is -1.53. The molecule has 4 nitrogen and oxygen atoms in total. The normalized spacial score (nSPS) is 13.4. The number of halogens is 2. The highest BCUT2D eigenvalue weighted by Gasteiger charge is 2.26. The Bertz CT molecular complexity index is 644. The minimum Gasteiger partial charge on any atom is -0.293 e. The summed E-state index contributed by atoms with van der Waals surface area (Å²) in [5.41, 5.74) is 1.38. The molecule has 2 atom stereocenters. The van der Waals surface area contributed by atoms with Crippen LogP contribution in [-0.4, -0.2) is 15.5 Å². The van der Waals surface area contributed by atoms with Gasteiger partial charge in [0.25, 0.3) is 5.69 Å². The Kier molecular flexibility index (Phi) is 5.25. The third-order valence-corrected chi connectivity index (χ3v) is 5.70. The lowest BCUT2D eigenvalue weighted by molar-refractivity contribution is -0.384. The molecule has 2 unspecified atom stereocenters. The van der Waals surface area contributed by atoms with Crippen LogP contribution in [-0.2, 0) is 0 Å². The van der Waals surface area contributed by atoms with Gasteiger partial charge >= 0.3 is 0 Å². The van der Waals surface area contributed by atoms with Crippen molar-refractivity contribution in [3.8, 4) is 0 Å². The fourth-order valence-electron chi connectivity index (χ4n) is 1.85. The van der Waals surface area contributed by atoms with E-state index in [1.165, 1.54) is 24.3 Å². The number of nitrogens with zero attached hydrogens (tertiary/aromatic N) is 1. The van der Waals surface area contributed by atoms with Crippen molar-refractivity contribution in [1.29, 1.82) is 0 Å². The molecule has 0 aromatic heterocycles. The molecular formula is C15H11Br2NO3. The van der Waals surface area contributed by atoms with Gasteiger partial charge in [-0.15, -0.1) is 0 Å². The first-order valence-electron chi connectivity index (χ1n) is 6.12. The van der Waals surface area contributed by atoms with Crippen molar-refractivity contribution in [2.45, 2.75) is 9.65 Å². The summed E-state index contributed by atoms with van der Waals surface area (Å²) < 4.78 is 0.